The summed E-state index contributed by atoms with van der Waals surface area (Å²) in [6.45, 7) is 1.63. The van der Waals surface area contributed by atoms with E-state index in [9.17, 15) is 9.59 Å². The van der Waals surface area contributed by atoms with E-state index in [1.54, 1.807) is 4.90 Å². The van der Waals surface area contributed by atoms with Gasteiger partial charge in [0.2, 0.25) is 0 Å². The molecule has 1 aliphatic carbocycles. The monoisotopic (exact) mass is 276 g/mol. The molecule has 1 aromatic heterocycles. The number of hydrogen-bond donors (Lipinski definition) is 1. The Kier molecular flexibility index (Phi) is 3.40. The van der Waals surface area contributed by atoms with E-state index in [1.165, 1.54) is 18.3 Å². The smallest absolute Gasteiger partial charge is 0.335 e. The molecule has 1 aromatic rings. The second-order valence-electron chi connectivity index (χ2n) is 5.21. The van der Waals surface area contributed by atoms with Gasteiger partial charge in [-0.25, -0.2) is 4.79 Å². The van der Waals surface area contributed by atoms with Crippen molar-refractivity contribution in [1.82, 2.24) is 9.88 Å². The van der Waals surface area contributed by atoms with Crippen molar-refractivity contribution in [2.24, 2.45) is 5.92 Å². The SMILES string of the molecule is O=C(O)c1ccnc(C(=O)N2CCOCC2C2CC2)c1. The van der Waals surface area contributed by atoms with Crippen molar-refractivity contribution in [2.45, 2.75) is 18.9 Å². The molecule has 20 heavy (non-hydrogen) atoms. The molecule has 0 aromatic carbocycles. The fourth-order valence-corrected chi connectivity index (χ4v) is 2.57. The molecule has 1 saturated carbocycles. The normalized spacial score (nSPS) is 22.6. The predicted octanol–water partition coefficient (Wildman–Crippen LogP) is 1.03. The second kappa shape index (κ2) is 5.20. The number of carboxylic acids is 1. The number of pyridine rings is 1. The molecule has 106 valence electrons. The van der Waals surface area contributed by atoms with E-state index < -0.39 is 5.97 Å². The first-order valence-corrected chi connectivity index (χ1v) is 6.75. The van der Waals surface area contributed by atoms with Gasteiger partial charge in [0.1, 0.15) is 5.69 Å². The Bertz CT molecular complexity index is 542. The van der Waals surface area contributed by atoms with Crippen molar-refractivity contribution in [3.8, 4) is 0 Å². The Morgan fingerprint density at radius 1 is 1.40 bits per heavy atom. The van der Waals surface area contributed by atoms with E-state index in [0.717, 1.165) is 12.8 Å². The maximum Gasteiger partial charge on any atom is 0.335 e. The summed E-state index contributed by atoms with van der Waals surface area (Å²) in [6.07, 6.45) is 3.62. The van der Waals surface area contributed by atoms with E-state index in [1.807, 2.05) is 0 Å². The van der Waals surface area contributed by atoms with Crippen LogP contribution in [0.15, 0.2) is 18.3 Å². The zero-order chi connectivity index (χ0) is 14.1. The number of carbonyl (C=O) groups excluding carboxylic acids is 1. The quantitative estimate of drug-likeness (QED) is 0.892. The zero-order valence-corrected chi connectivity index (χ0v) is 11.0. The van der Waals surface area contributed by atoms with Crippen LogP contribution in [0.4, 0.5) is 0 Å². The van der Waals surface area contributed by atoms with E-state index in [2.05, 4.69) is 4.98 Å². The number of carbonyl (C=O) groups is 2. The number of ether oxygens (including phenoxy) is 1. The molecule has 0 spiro atoms. The van der Waals surface area contributed by atoms with Crippen molar-refractivity contribution in [1.29, 1.82) is 0 Å². The first-order chi connectivity index (χ1) is 9.66. The molecule has 1 unspecified atom stereocenters. The van der Waals surface area contributed by atoms with E-state index in [-0.39, 0.29) is 23.2 Å². The second-order valence-corrected chi connectivity index (χ2v) is 5.21. The average molecular weight is 276 g/mol. The van der Waals surface area contributed by atoms with Crippen LogP contribution in [-0.4, -0.2) is 52.7 Å². The first kappa shape index (κ1) is 13.1. The molecule has 6 heteroatoms. The standard InChI is InChI=1S/C14H16N2O4/c17-13(11-7-10(14(18)19)3-4-15-11)16-5-6-20-8-12(16)9-1-2-9/h3-4,7,9,12H,1-2,5-6,8H2,(H,18,19). The highest BCUT2D eigenvalue weighted by molar-refractivity contribution is 5.96. The summed E-state index contributed by atoms with van der Waals surface area (Å²) in [4.78, 5) is 29.3. The van der Waals surface area contributed by atoms with E-state index in [4.69, 9.17) is 9.84 Å². The minimum atomic E-state index is -1.05. The number of hydrogen-bond acceptors (Lipinski definition) is 4. The van der Waals surface area contributed by atoms with Gasteiger partial charge in [0.25, 0.3) is 5.91 Å². The summed E-state index contributed by atoms with van der Waals surface area (Å²) in [5.74, 6) is -0.739. The number of nitrogens with zero attached hydrogens (tertiary/aromatic N) is 2. The van der Waals surface area contributed by atoms with Crippen molar-refractivity contribution in [3.63, 3.8) is 0 Å². The number of carboxylic acid groups (broad SMARTS) is 1. The minimum Gasteiger partial charge on any atom is -0.478 e. The lowest BCUT2D eigenvalue weighted by molar-refractivity contribution is -0.00864. The van der Waals surface area contributed by atoms with Crippen molar-refractivity contribution in [2.75, 3.05) is 19.8 Å². The van der Waals surface area contributed by atoms with Crippen molar-refractivity contribution >= 4 is 11.9 Å². The number of rotatable bonds is 3. The van der Waals surface area contributed by atoms with Crippen LogP contribution in [0.5, 0.6) is 0 Å². The fraction of sp³-hybridized carbons (Fsp3) is 0.500. The molecule has 2 fully saturated rings. The lowest BCUT2D eigenvalue weighted by Gasteiger charge is -2.35. The van der Waals surface area contributed by atoms with Crippen LogP contribution in [0, 0.1) is 5.92 Å². The molecular weight excluding hydrogens is 260 g/mol. The highest BCUT2D eigenvalue weighted by Gasteiger charge is 2.39. The van der Waals surface area contributed by atoms with Gasteiger partial charge in [-0.05, 0) is 30.9 Å². The fourth-order valence-electron chi connectivity index (χ4n) is 2.57. The van der Waals surface area contributed by atoms with Gasteiger partial charge in [0.05, 0.1) is 24.8 Å². The number of aromatic nitrogens is 1. The average Bonchev–Trinajstić information content (AvgIpc) is 3.31. The number of amides is 1. The van der Waals surface area contributed by atoms with E-state index in [0.29, 0.717) is 25.7 Å². The molecule has 6 nitrogen and oxygen atoms in total. The van der Waals surface area contributed by atoms with Gasteiger partial charge < -0.3 is 14.7 Å². The topological polar surface area (TPSA) is 79.7 Å². The Labute approximate surface area is 116 Å². The summed E-state index contributed by atoms with van der Waals surface area (Å²) in [5, 5.41) is 8.98. The maximum atomic E-state index is 12.5. The molecule has 2 heterocycles. The third-order valence-corrected chi connectivity index (χ3v) is 3.82. The van der Waals surface area contributed by atoms with Gasteiger partial charge in [-0.15, -0.1) is 0 Å². The first-order valence-electron chi connectivity index (χ1n) is 6.75. The highest BCUT2D eigenvalue weighted by atomic mass is 16.5. The Balaban J connectivity index is 1.83. The molecule has 1 aliphatic heterocycles. The lowest BCUT2D eigenvalue weighted by atomic mass is 10.1. The number of aromatic carboxylic acids is 1. The predicted molar refractivity (Wildman–Crippen MR) is 69.6 cm³/mol. The highest BCUT2D eigenvalue weighted by Crippen LogP contribution is 2.36. The summed E-state index contributed by atoms with van der Waals surface area (Å²) < 4.78 is 5.45. The molecule has 1 N–H and O–H groups in total. The van der Waals surface area contributed by atoms with Crippen LogP contribution in [0.1, 0.15) is 33.7 Å². The van der Waals surface area contributed by atoms with Gasteiger partial charge in [-0.3, -0.25) is 9.78 Å². The Hall–Kier alpha value is -1.95. The molecule has 3 rings (SSSR count). The third-order valence-electron chi connectivity index (χ3n) is 3.82. The van der Waals surface area contributed by atoms with Crippen LogP contribution >= 0.6 is 0 Å². The summed E-state index contributed by atoms with van der Waals surface area (Å²) in [7, 11) is 0. The summed E-state index contributed by atoms with van der Waals surface area (Å²) >= 11 is 0. The van der Waals surface area contributed by atoms with Crippen molar-refractivity contribution in [3.05, 3.63) is 29.6 Å². The zero-order valence-electron chi connectivity index (χ0n) is 11.0. The van der Waals surface area contributed by atoms with Gasteiger partial charge >= 0.3 is 5.97 Å². The summed E-state index contributed by atoms with van der Waals surface area (Å²) in [6, 6.07) is 2.83. The molecule has 0 radical (unpaired) electrons. The van der Waals surface area contributed by atoms with Crippen molar-refractivity contribution < 1.29 is 19.4 Å². The molecule has 1 atom stereocenters. The van der Waals surface area contributed by atoms with Crippen LogP contribution in [0.25, 0.3) is 0 Å². The Morgan fingerprint density at radius 3 is 2.90 bits per heavy atom. The molecule has 1 amide bonds. The molecule has 0 bridgehead atoms. The maximum absolute atomic E-state index is 12.5. The molecule has 1 saturated heterocycles. The van der Waals surface area contributed by atoms with Crippen LogP contribution < -0.4 is 0 Å². The number of morpholine rings is 1. The third kappa shape index (κ3) is 2.51. The Morgan fingerprint density at radius 2 is 2.20 bits per heavy atom. The van der Waals surface area contributed by atoms with E-state index >= 15 is 0 Å². The van der Waals surface area contributed by atoms with Gasteiger partial charge in [0, 0.05) is 12.7 Å². The lowest BCUT2D eigenvalue weighted by Crippen LogP contribution is -2.50. The molecular formula is C14H16N2O4. The van der Waals surface area contributed by atoms with Gasteiger partial charge in [-0.1, -0.05) is 0 Å². The molecule has 2 aliphatic rings. The summed E-state index contributed by atoms with van der Waals surface area (Å²) in [5.41, 5.74) is 0.275. The largest absolute Gasteiger partial charge is 0.478 e. The van der Waals surface area contributed by atoms with Gasteiger partial charge in [-0.2, -0.15) is 0 Å². The van der Waals surface area contributed by atoms with Crippen LogP contribution in [0.2, 0.25) is 0 Å². The van der Waals surface area contributed by atoms with Crippen LogP contribution in [-0.2, 0) is 4.74 Å². The van der Waals surface area contributed by atoms with Crippen LogP contribution in [0.3, 0.4) is 0 Å². The minimum absolute atomic E-state index is 0.0829. The van der Waals surface area contributed by atoms with Gasteiger partial charge in [0.15, 0.2) is 0 Å².